The Morgan fingerprint density at radius 2 is 1.90 bits per heavy atom. The molecular weight excluding hydrogens is 262 g/mol. The molecule has 1 aliphatic rings. The maximum Gasteiger partial charge on any atom is 0.122 e. The topological polar surface area (TPSA) is 44.5 Å². The lowest BCUT2D eigenvalue weighted by molar-refractivity contribution is 0.388. The SMILES string of the molecule is COc1ccc2c(c1)C(N)(Cc1ccccc1OC)CC2. The van der Waals surface area contributed by atoms with E-state index in [9.17, 15) is 0 Å². The Morgan fingerprint density at radius 1 is 1.10 bits per heavy atom. The molecular formula is C18H21NO2. The van der Waals surface area contributed by atoms with Crippen molar-refractivity contribution in [1.29, 1.82) is 0 Å². The molecule has 0 aliphatic heterocycles. The van der Waals surface area contributed by atoms with Crippen molar-refractivity contribution in [3.63, 3.8) is 0 Å². The first-order valence-corrected chi connectivity index (χ1v) is 7.24. The quantitative estimate of drug-likeness (QED) is 0.938. The number of methoxy groups -OCH3 is 2. The van der Waals surface area contributed by atoms with E-state index in [1.165, 1.54) is 11.1 Å². The molecule has 2 aromatic rings. The van der Waals surface area contributed by atoms with E-state index in [1.807, 2.05) is 24.3 Å². The summed E-state index contributed by atoms with van der Waals surface area (Å²) in [6.07, 6.45) is 2.75. The van der Waals surface area contributed by atoms with Crippen LogP contribution in [0.25, 0.3) is 0 Å². The highest BCUT2D eigenvalue weighted by molar-refractivity contribution is 5.46. The fourth-order valence-corrected chi connectivity index (χ4v) is 3.23. The van der Waals surface area contributed by atoms with Crippen LogP contribution in [0.2, 0.25) is 0 Å². The zero-order valence-corrected chi connectivity index (χ0v) is 12.6. The van der Waals surface area contributed by atoms with E-state index in [1.54, 1.807) is 14.2 Å². The van der Waals surface area contributed by atoms with E-state index in [0.717, 1.165) is 36.3 Å². The summed E-state index contributed by atoms with van der Waals surface area (Å²) in [6, 6.07) is 14.3. The highest BCUT2D eigenvalue weighted by Crippen LogP contribution is 2.40. The van der Waals surface area contributed by atoms with E-state index >= 15 is 0 Å². The van der Waals surface area contributed by atoms with Crippen molar-refractivity contribution >= 4 is 0 Å². The van der Waals surface area contributed by atoms with Crippen LogP contribution in [0.4, 0.5) is 0 Å². The maximum absolute atomic E-state index is 6.74. The molecule has 0 aromatic heterocycles. The fourth-order valence-electron chi connectivity index (χ4n) is 3.23. The lowest BCUT2D eigenvalue weighted by Crippen LogP contribution is -2.36. The van der Waals surface area contributed by atoms with Gasteiger partial charge in [0, 0.05) is 5.54 Å². The predicted molar refractivity (Wildman–Crippen MR) is 83.9 cm³/mol. The first-order chi connectivity index (χ1) is 10.2. The third kappa shape index (κ3) is 2.49. The average Bonchev–Trinajstić information content (AvgIpc) is 2.84. The molecule has 0 saturated carbocycles. The number of ether oxygens (including phenoxy) is 2. The van der Waals surface area contributed by atoms with Crippen LogP contribution in [0.3, 0.4) is 0 Å². The molecule has 0 spiro atoms. The van der Waals surface area contributed by atoms with Crippen LogP contribution in [0.1, 0.15) is 23.1 Å². The maximum atomic E-state index is 6.74. The van der Waals surface area contributed by atoms with Crippen LogP contribution < -0.4 is 15.2 Å². The van der Waals surface area contributed by atoms with Crippen molar-refractivity contribution in [3.05, 3.63) is 59.2 Å². The second-order valence-electron chi connectivity index (χ2n) is 5.67. The lowest BCUT2D eigenvalue weighted by atomic mass is 9.86. The Labute approximate surface area is 125 Å². The van der Waals surface area contributed by atoms with E-state index in [-0.39, 0.29) is 5.54 Å². The molecule has 0 fully saturated rings. The molecule has 0 heterocycles. The van der Waals surface area contributed by atoms with Gasteiger partial charge in [-0.1, -0.05) is 24.3 Å². The second kappa shape index (κ2) is 5.41. The Hall–Kier alpha value is -2.00. The van der Waals surface area contributed by atoms with Crippen molar-refractivity contribution in [2.45, 2.75) is 24.8 Å². The molecule has 1 aliphatic carbocycles. The monoisotopic (exact) mass is 283 g/mol. The molecule has 3 rings (SSSR count). The van der Waals surface area contributed by atoms with Gasteiger partial charge in [-0.15, -0.1) is 0 Å². The van der Waals surface area contributed by atoms with Crippen molar-refractivity contribution in [2.24, 2.45) is 5.73 Å². The third-order valence-corrected chi connectivity index (χ3v) is 4.39. The molecule has 0 bridgehead atoms. The van der Waals surface area contributed by atoms with E-state index in [2.05, 4.69) is 18.2 Å². The Bertz CT molecular complexity index is 653. The van der Waals surface area contributed by atoms with Gasteiger partial charge in [-0.25, -0.2) is 0 Å². The molecule has 21 heavy (non-hydrogen) atoms. The average molecular weight is 283 g/mol. The Balaban J connectivity index is 1.97. The normalized spacial score (nSPS) is 20.1. The number of benzene rings is 2. The fraction of sp³-hybridized carbons (Fsp3) is 0.333. The van der Waals surface area contributed by atoms with Crippen LogP contribution >= 0.6 is 0 Å². The summed E-state index contributed by atoms with van der Waals surface area (Å²) in [5.41, 5.74) is 10.1. The summed E-state index contributed by atoms with van der Waals surface area (Å²) in [5, 5.41) is 0. The van der Waals surface area contributed by atoms with Gasteiger partial charge in [-0.2, -0.15) is 0 Å². The molecule has 2 N–H and O–H groups in total. The first-order valence-electron chi connectivity index (χ1n) is 7.24. The summed E-state index contributed by atoms with van der Waals surface area (Å²) in [7, 11) is 3.39. The second-order valence-corrected chi connectivity index (χ2v) is 5.67. The minimum Gasteiger partial charge on any atom is -0.497 e. The van der Waals surface area contributed by atoms with Gasteiger partial charge in [0.2, 0.25) is 0 Å². The van der Waals surface area contributed by atoms with Gasteiger partial charge in [0.05, 0.1) is 14.2 Å². The van der Waals surface area contributed by atoms with Crippen molar-refractivity contribution in [2.75, 3.05) is 14.2 Å². The van der Waals surface area contributed by atoms with Crippen molar-refractivity contribution in [3.8, 4) is 11.5 Å². The molecule has 3 nitrogen and oxygen atoms in total. The summed E-state index contributed by atoms with van der Waals surface area (Å²) in [4.78, 5) is 0. The van der Waals surface area contributed by atoms with Crippen molar-refractivity contribution < 1.29 is 9.47 Å². The standard InChI is InChI=1S/C18H21NO2/c1-20-15-8-7-13-9-10-18(19,16(13)11-15)12-14-5-3-4-6-17(14)21-2/h3-8,11H,9-10,12,19H2,1-2H3. The summed E-state index contributed by atoms with van der Waals surface area (Å²) >= 11 is 0. The van der Waals surface area contributed by atoms with Gasteiger partial charge in [-0.05, 0) is 54.2 Å². The smallest absolute Gasteiger partial charge is 0.122 e. The van der Waals surface area contributed by atoms with Gasteiger partial charge in [0.15, 0.2) is 0 Å². The minimum atomic E-state index is -0.349. The van der Waals surface area contributed by atoms with Gasteiger partial charge >= 0.3 is 0 Å². The summed E-state index contributed by atoms with van der Waals surface area (Å²) in [5.74, 6) is 1.77. The van der Waals surface area contributed by atoms with Gasteiger partial charge < -0.3 is 15.2 Å². The number of para-hydroxylation sites is 1. The van der Waals surface area contributed by atoms with Crippen molar-refractivity contribution in [1.82, 2.24) is 0 Å². The number of aryl methyl sites for hydroxylation is 1. The number of nitrogens with two attached hydrogens (primary N) is 1. The molecule has 1 atom stereocenters. The van der Waals surface area contributed by atoms with Gasteiger partial charge in [0.1, 0.15) is 11.5 Å². The van der Waals surface area contributed by atoms with Gasteiger partial charge in [0.25, 0.3) is 0 Å². The lowest BCUT2D eigenvalue weighted by Gasteiger charge is -2.26. The van der Waals surface area contributed by atoms with Crippen LogP contribution in [0, 0.1) is 0 Å². The van der Waals surface area contributed by atoms with Crippen LogP contribution in [-0.4, -0.2) is 14.2 Å². The van der Waals surface area contributed by atoms with E-state index in [4.69, 9.17) is 15.2 Å². The minimum absolute atomic E-state index is 0.349. The van der Waals surface area contributed by atoms with Gasteiger partial charge in [-0.3, -0.25) is 0 Å². The molecule has 0 amide bonds. The predicted octanol–water partition coefficient (Wildman–Crippen LogP) is 3.05. The van der Waals surface area contributed by atoms with Crippen LogP contribution in [0.15, 0.2) is 42.5 Å². The van der Waals surface area contributed by atoms with E-state index in [0.29, 0.717) is 0 Å². The van der Waals surface area contributed by atoms with Crippen LogP contribution in [-0.2, 0) is 18.4 Å². The summed E-state index contributed by atoms with van der Waals surface area (Å²) < 4.78 is 10.8. The van der Waals surface area contributed by atoms with E-state index < -0.39 is 0 Å². The Kier molecular flexibility index (Phi) is 3.60. The number of hydrogen-bond donors (Lipinski definition) is 1. The molecule has 3 heteroatoms. The Morgan fingerprint density at radius 3 is 2.67 bits per heavy atom. The highest BCUT2D eigenvalue weighted by Gasteiger charge is 2.36. The molecule has 110 valence electrons. The third-order valence-electron chi connectivity index (χ3n) is 4.39. The summed E-state index contributed by atoms with van der Waals surface area (Å²) in [6.45, 7) is 0. The molecule has 0 radical (unpaired) electrons. The highest BCUT2D eigenvalue weighted by atomic mass is 16.5. The zero-order valence-electron chi connectivity index (χ0n) is 12.6. The molecule has 2 aromatic carbocycles. The zero-order chi connectivity index (χ0) is 14.9. The largest absolute Gasteiger partial charge is 0.497 e. The number of fused-ring (bicyclic) bond motifs is 1. The first kappa shape index (κ1) is 14.0. The molecule has 0 saturated heterocycles. The molecule has 1 unspecified atom stereocenters. The van der Waals surface area contributed by atoms with Crippen LogP contribution in [0.5, 0.6) is 11.5 Å². The number of hydrogen-bond acceptors (Lipinski definition) is 3. The number of rotatable bonds is 4.